The predicted octanol–water partition coefficient (Wildman–Crippen LogP) is 8.23. The third kappa shape index (κ3) is 8.01. The fraction of sp³-hybridized carbons (Fsp3) is 0.250. The number of carbonyl (C=O) groups excluding carboxylic acids is 1. The highest BCUT2D eigenvalue weighted by Gasteiger charge is 2.38. The van der Waals surface area contributed by atoms with Crippen molar-refractivity contribution >= 4 is 46.2 Å². The topological polar surface area (TPSA) is 75.6 Å². The summed E-state index contributed by atoms with van der Waals surface area (Å²) >= 11 is 1.24. The average Bonchev–Trinajstić information content (AvgIpc) is 2.93. The minimum absolute atomic E-state index is 0.00855. The van der Waals surface area contributed by atoms with Gasteiger partial charge in [0, 0.05) is 20.8 Å². The van der Waals surface area contributed by atoms with Gasteiger partial charge in [0.2, 0.25) is 0 Å². The number of aliphatic carboxylic acids is 1. The lowest BCUT2D eigenvalue weighted by atomic mass is 10.0. The number of alkyl halides is 3. The van der Waals surface area contributed by atoms with Crippen molar-refractivity contribution in [2.75, 3.05) is 0 Å². The number of carboxylic acid groups (broad SMARTS) is 1. The third-order valence-corrected chi connectivity index (χ3v) is 8.92. The van der Waals surface area contributed by atoms with E-state index in [2.05, 4.69) is 5.32 Å². The number of amides is 1. The van der Waals surface area contributed by atoms with Gasteiger partial charge in [0.1, 0.15) is 18.4 Å². The smallest absolute Gasteiger partial charge is 0.446 e. The van der Waals surface area contributed by atoms with Crippen molar-refractivity contribution in [1.82, 2.24) is 5.32 Å². The molecule has 42 heavy (non-hydrogen) atoms. The molecule has 4 aromatic carbocycles. The number of fused-ring (bicyclic) bond motifs is 1. The van der Waals surface area contributed by atoms with Crippen LogP contribution in [0.25, 0.3) is 10.8 Å². The largest absolute Gasteiger partial charge is 0.487 e. The number of ether oxygens (including phenoxy) is 1. The van der Waals surface area contributed by atoms with Crippen LogP contribution in [-0.2, 0) is 17.2 Å². The summed E-state index contributed by atoms with van der Waals surface area (Å²) in [6.07, 6.45) is 0. The molecule has 5 nitrogen and oxygen atoms in total. The van der Waals surface area contributed by atoms with Crippen LogP contribution in [0.2, 0.25) is 0 Å². The molecule has 1 atom stereocenters. The van der Waals surface area contributed by atoms with Crippen LogP contribution < -0.4 is 10.1 Å². The van der Waals surface area contributed by atoms with Crippen LogP contribution in [0, 0.1) is 6.92 Å². The molecule has 0 aliphatic heterocycles. The molecule has 2 N–H and O–H groups in total. The first-order valence-corrected chi connectivity index (χ1v) is 14.9. The van der Waals surface area contributed by atoms with Crippen molar-refractivity contribution in [3.8, 4) is 5.75 Å². The number of thioether (sulfide) groups is 2. The molecule has 0 bridgehead atoms. The summed E-state index contributed by atoms with van der Waals surface area (Å²) in [5.74, 6) is -0.937. The molecule has 1 unspecified atom stereocenters. The summed E-state index contributed by atoms with van der Waals surface area (Å²) in [5.41, 5.74) is -1.43. The van der Waals surface area contributed by atoms with Crippen LogP contribution in [0.5, 0.6) is 5.75 Å². The first-order chi connectivity index (χ1) is 19.8. The van der Waals surface area contributed by atoms with Crippen LogP contribution in [0.4, 0.5) is 13.2 Å². The van der Waals surface area contributed by atoms with Crippen LogP contribution in [0.3, 0.4) is 0 Å². The van der Waals surface area contributed by atoms with E-state index in [4.69, 9.17) is 4.74 Å². The molecular weight excluding hydrogens is 583 g/mol. The highest BCUT2D eigenvalue weighted by Crippen LogP contribution is 2.37. The zero-order valence-corrected chi connectivity index (χ0v) is 24.8. The maximum atomic E-state index is 13.6. The lowest BCUT2D eigenvalue weighted by Crippen LogP contribution is -2.52. The van der Waals surface area contributed by atoms with Gasteiger partial charge in [0.15, 0.2) is 0 Å². The summed E-state index contributed by atoms with van der Waals surface area (Å²) in [5, 5.41) is 14.3. The Kier molecular flexibility index (Phi) is 9.78. The Labute approximate surface area is 250 Å². The Morgan fingerprint density at radius 3 is 2.26 bits per heavy atom. The van der Waals surface area contributed by atoms with E-state index < -0.39 is 28.2 Å². The molecular formula is C32H30F3NO4S2. The summed E-state index contributed by atoms with van der Waals surface area (Å²) in [6, 6.07) is 23.1. The van der Waals surface area contributed by atoms with E-state index in [-0.39, 0.29) is 34.6 Å². The van der Waals surface area contributed by atoms with Crippen LogP contribution in [0.1, 0.15) is 40.9 Å². The molecule has 0 radical (unpaired) electrons. The molecule has 4 rings (SSSR count). The number of aryl methyl sites for hydroxylation is 1. The SMILES string of the molecule is Cc1ccccc1CSC(C)(C)C(NC(=O)c1ccc2ccccc2c1OCc1ccc(SC(F)(F)F)cc1)C(=O)O. The molecule has 0 aliphatic rings. The number of benzene rings is 4. The molecule has 10 heteroatoms. The van der Waals surface area contributed by atoms with Gasteiger partial charge in [0.05, 0.1) is 5.56 Å². The summed E-state index contributed by atoms with van der Waals surface area (Å²) < 4.78 is 43.3. The standard InChI is InChI=1S/C32H30F3NO4S2/c1-20-8-4-5-10-23(20)19-41-31(2,3)28(30(38)39)36-29(37)26-17-14-22-9-6-7-11-25(22)27(26)40-18-21-12-15-24(16-13-21)42-32(33,34)35/h4-17,28H,18-19H2,1-3H3,(H,36,37)(H,38,39). The van der Waals surface area contributed by atoms with E-state index in [1.54, 1.807) is 38.1 Å². The van der Waals surface area contributed by atoms with Gasteiger partial charge in [-0.3, -0.25) is 4.79 Å². The van der Waals surface area contributed by atoms with Crippen LogP contribution in [0.15, 0.2) is 89.8 Å². The highest BCUT2D eigenvalue weighted by atomic mass is 32.2. The second-order valence-corrected chi connectivity index (χ2v) is 13.0. The average molecular weight is 614 g/mol. The quantitative estimate of drug-likeness (QED) is 0.166. The predicted molar refractivity (Wildman–Crippen MR) is 162 cm³/mol. The van der Waals surface area contributed by atoms with Crippen molar-refractivity contribution in [3.05, 3.63) is 107 Å². The van der Waals surface area contributed by atoms with E-state index >= 15 is 0 Å². The van der Waals surface area contributed by atoms with E-state index in [1.807, 2.05) is 43.3 Å². The normalized spacial score (nSPS) is 12.6. The Morgan fingerprint density at radius 1 is 0.929 bits per heavy atom. The van der Waals surface area contributed by atoms with Crippen LogP contribution >= 0.6 is 23.5 Å². The number of carboxylic acids is 1. The van der Waals surface area contributed by atoms with Gasteiger partial charge in [-0.1, -0.05) is 66.7 Å². The first-order valence-electron chi connectivity index (χ1n) is 13.1. The summed E-state index contributed by atoms with van der Waals surface area (Å²) in [7, 11) is 0. The van der Waals surface area contributed by atoms with Crippen molar-refractivity contribution in [2.24, 2.45) is 0 Å². The van der Waals surface area contributed by atoms with Gasteiger partial charge in [-0.25, -0.2) is 4.79 Å². The minimum atomic E-state index is -4.38. The second kappa shape index (κ2) is 13.1. The molecule has 0 saturated heterocycles. The molecule has 0 spiro atoms. The summed E-state index contributed by atoms with van der Waals surface area (Å²) in [6.45, 7) is 5.56. The Morgan fingerprint density at radius 2 is 1.60 bits per heavy atom. The Hall–Kier alpha value is -3.63. The number of hydrogen-bond acceptors (Lipinski definition) is 5. The zero-order chi connectivity index (χ0) is 30.5. The summed E-state index contributed by atoms with van der Waals surface area (Å²) in [4.78, 5) is 26.1. The molecule has 0 fully saturated rings. The maximum Gasteiger partial charge on any atom is 0.446 e. The second-order valence-electron chi connectivity index (χ2n) is 10.2. The van der Waals surface area contributed by atoms with Crippen molar-refractivity contribution in [1.29, 1.82) is 0 Å². The first kappa shape index (κ1) is 31.3. The molecule has 0 heterocycles. The van der Waals surface area contributed by atoms with Gasteiger partial charge >= 0.3 is 11.5 Å². The number of halogens is 3. The molecule has 0 aromatic heterocycles. The molecule has 0 saturated carbocycles. The van der Waals surface area contributed by atoms with Crippen molar-refractivity contribution < 1.29 is 32.6 Å². The van der Waals surface area contributed by atoms with E-state index in [1.165, 1.54) is 36.0 Å². The van der Waals surface area contributed by atoms with E-state index in [9.17, 15) is 27.9 Å². The molecule has 0 aliphatic carbocycles. The minimum Gasteiger partial charge on any atom is -0.487 e. The fourth-order valence-corrected chi connectivity index (χ4v) is 6.10. The van der Waals surface area contributed by atoms with Gasteiger partial charge < -0.3 is 15.2 Å². The maximum absolute atomic E-state index is 13.6. The Balaban J connectivity index is 1.56. The number of rotatable bonds is 11. The molecule has 4 aromatic rings. The van der Waals surface area contributed by atoms with E-state index in [0.717, 1.165) is 16.5 Å². The van der Waals surface area contributed by atoms with Gasteiger partial charge in [-0.2, -0.15) is 13.2 Å². The van der Waals surface area contributed by atoms with E-state index in [0.29, 0.717) is 16.7 Å². The van der Waals surface area contributed by atoms with Gasteiger partial charge in [0.25, 0.3) is 5.91 Å². The number of carbonyl (C=O) groups is 2. The number of nitrogens with one attached hydrogen (secondary N) is 1. The fourth-order valence-electron chi connectivity index (χ4n) is 4.38. The van der Waals surface area contributed by atoms with Crippen LogP contribution in [-0.4, -0.2) is 33.3 Å². The highest BCUT2D eigenvalue weighted by molar-refractivity contribution is 8.00. The molecule has 1 amide bonds. The van der Waals surface area contributed by atoms with Crippen molar-refractivity contribution in [3.63, 3.8) is 0 Å². The monoisotopic (exact) mass is 613 g/mol. The van der Waals surface area contributed by atoms with Gasteiger partial charge in [-0.15, -0.1) is 11.8 Å². The van der Waals surface area contributed by atoms with Crippen molar-refractivity contribution in [2.45, 2.75) is 54.3 Å². The lowest BCUT2D eigenvalue weighted by molar-refractivity contribution is -0.139. The third-order valence-electron chi connectivity index (χ3n) is 6.74. The van der Waals surface area contributed by atoms with Gasteiger partial charge in [-0.05, 0) is 72.8 Å². The lowest BCUT2D eigenvalue weighted by Gasteiger charge is -2.32. The molecule has 220 valence electrons. The number of hydrogen-bond donors (Lipinski definition) is 2. The Bertz CT molecular complexity index is 1570. The zero-order valence-electron chi connectivity index (χ0n) is 23.2.